The predicted octanol–water partition coefficient (Wildman–Crippen LogP) is 3.06. The lowest BCUT2D eigenvalue weighted by atomic mass is 10.3. The smallest absolute Gasteiger partial charge is 0.242 e. The summed E-state index contributed by atoms with van der Waals surface area (Å²) in [6, 6.07) is 0. The quantitative estimate of drug-likeness (QED) is 0.460. The van der Waals surface area contributed by atoms with Gasteiger partial charge in [-0.25, -0.2) is 0 Å². The molecule has 0 spiro atoms. The van der Waals surface area contributed by atoms with Crippen molar-refractivity contribution < 1.29 is 9.42 Å². The number of hydrogen-bond acceptors (Lipinski definition) is 2. The molecule has 2 atom stereocenters. The van der Waals surface area contributed by atoms with E-state index >= 15 is 0 Å². The van der Waals surface area contributed by atoms with Crippen LogP contribution in [0.5, 0.6) is 0 Å². The SMILES string of the molecule is CCCCC(Br)OP(O)(=S)S. The lowest BCUT2D eigenvalue weighted by molar-refractivity contribution is 0.284. The van der Waals surface area contributed by atoms with E-state index in [1.165, 1.54) is 0 Å². The first kappa shape index (κ1) is 12.4. The summed E-state index contributed by atoms with van der Waals surface area (Å²) in [6.07, 6.45) is 3.02. The summed E-state index contributed by atoms with van der Waals surface area (Å²) >= 11 is 11.6. The molecule has 0 fully saturated rings. The van der Waals surface area contributed by atoms with Crippen LogP contribution in [-0.2, 0) is 16.3 Å². The highest BCUT2D eigenvalue weighted by Crippen LogP contribution is 2.49. The van der Waals surface area contributed by atoms with E-state index in [-0.39, 0.29) is 5.01 Å². The highest BCUT2D eigenvalue weighted by atomic mass is 79.9. The van der Waals surface area contributed by atoms with Crippen molar-refractivity contribution >= 4 is 45.7 Å². The summed E-state index contributed by atoms with van der Waals surface area (Å²) in [4.78, 5) is 9.03. The lowest BCUT2D eigenvalue weighted by Gasteiger charge is -2.14. The molecule has 68 valence electrons. The lowest BCUT2D eigenvalue weighted by Crippen LogP contribution is -1.99. The standard InChI is InChI=1S/C5H12BrO2PS2/c1-2-3-4-5(6)8-9(7,10)11/h5H,2-4H2,1H3,(H2,7,10,11). The van der Waals surface area contributed by atoms with E-state index < -0.39 is 5.69 Å². The Balaban J connectivity index is 3.52. The van der Waals surface area contributed by atoms with E-state index in [0.29, 0.717) is 0 Å². The third-order valence-corrected chi connectivity index (χ3v) is 3.04. The zero-order chi connectivity index (χ0) is 8.91. The average Bonchev–Trinajstić information content (AvgIpc) is 1.79. The zero-order valence-electron chi connectivity index (χ0n) is 6.23. The summed E-state index contributed by atoms with van der Waals surface area (Å²) < 4.78 is 5.00. The number of hydrogen-bond donors (Lipinski definition) is 2. The average molecular weight is 279 g/mol. The first-order chi connectivity index (χ1) is 4.95. The molecule has 0 rings (SSSR count). The molecule has 0 aliphatic rings. The molecule has 2 nitrogen and oxygen atoms in total. The van der Waals surface area contributed by atoms with Crippen molar-refractivity contribution in [1.82, 2.24) is 0 Å². The van der Waals surface area contributed by atoms with Gasteiger partial charge in [-0.1, -0.05) is 47.9 Å². The maximum atomic E-state index is 9.03. The number of rotatable bonds is 5. The van der Waals surface area contributed by atoms with Crippen LogP contribution >= 0.6 is 33.9 Å². The third-order valence-electron chi connectivity index (χ3n) is 1.04. The second kappa shape index (κ2) is 5.95. The van der Waals surface area contributed by atoms with Gasteiger partial charge in [-0.05, 0) is 18.2 Å². The minimum Gasteiger partial charge on any atom is -0.338 e. The molecule has 0 heterocycles. The van der Waals surface area contributed by atoms with E-state index in [4.69, 9.17) is 9.42 Å². The Bertz CT molecular complexity index is 149. The van der Waals surface area contributed by atoms with Crippen LogP contribution in [0.25, 0.3) is 0 Å². The predicted molar refractivity (Wildman–Crippen MR) is 58.8 cm³/mol. The molecule has 0 radical (unpaired) electrons. The maximum absolute atomic E-state index is 9.03. The first-order valence-corrected chi connectivity index (χ1v) is 8.08. The van der Waals surface area contributed by atoms with E-state index in [0.717, 1.165) is 19.3 Å². The molecule has 0 saturated carbocycles. The largest absolute Gasteiger partial charge is 0.338 e. The molecule has 0 aromatic rings. The van der Waals surface area contributed by atoms with Gasteiger partial charge < -0.3 is 9.42 Å². The van der Waals surface area contributed by atoms with E-state index in [1.807, 2.05) is 0 Å². The molecular weight excluding hydrogens is 267 g/mol. The van der Waals surface area contributed by atoms with Crippen molar-refractivity contribution in [3.63, 3.8) is 0 Å². The van der Waals surface area contributed by atoms with Gasteiger partial charge in [0.15, 0.2) is 0 Å². The highest BCUT2D eigenvalue weighted by molar-refractivity contribution is 9.09. The minimum atomic E-state index is -2.78. The molecule has 11 heavy (non-hydrogen) atoms. The van der Waals surface area contributed by atoms with Gasteiger partial charge in [0.05, 0.1) is 0 Å². The molecule has 0 amide bonds. The van der Waals surface area contributed by atoms with Gasteiger partial charge in [-0.3, -0.25) is 0 Å². The van der Waals surface area contributed by atoms with Crippen LogP contribution in [0.2, 0.25) is 0 Å². The molecule has 0 aliphatic heterocycles. The van der Waals surface area contributed by atoms with Gasteiger partial charge in [-0.15, -0.1) is 0 Å². The van der Waals surface area contributed by atoms with Crippen LogP contribution in [0.15, 0.2) is 0 Å². The Morgan fingerprint density at radius 1 is 1.82 bits per heavy atom. The normalized spacial score (nSPS) is 19.3. The number of unbranched alkanes of at least 4 members (excludes halogenated alkanes) is 1. The summed E-state index contributed by atoms with van der Waals surface area (Å²) in [7, 11) is 0. The second-order valence-electron chi connectivity index (χ2n) is 2.15. The van der Waals surface area contributed by atoms with E-state index in [2.05, 4.69) is 46.9 Å². The summed E-state index contributed by atoms with van der Waals surface area (Å²) in [6.45, 7) is 2.09. The second-order valence-corrected chi connectivity index (χ2v) is 8.28. The maximum Gasteiger partial charge on any atom is 0.242 e. The van der Waals surface area contributed by atoms with Crippen molar-refractivity contribution in [2.24, 2.45) is 0 Å². The molecule has 0 bridgehead atoms. The van der Waals surface area contributed by atoms with Gasteiger partial charge in [-0.2, -0.15) is 0 Å². The summed E-state index contributed by atoms with van der Waals surface area (Å²) in [5, 5.41) is -0.157. The zero-order valence-corrected chi connectivity index (χ0v) is 10.4. The molecule has 6 heteroatoms. The molecule has 0 aromatic heterocycles. The van der Waals surface area contributed by atoms with Crippen LogP contribution in [0.3, 0.4) is 0 Å². The van der Waals surface area contributed by atoms with Crippen molar-refractivity contribution in [2.45, 2.75) is 31.2 Å². The number of halogens is 1. The Hall–Kier alpha value is 1.40. The number of alkyl halides is 1. The van der Waals surface area contributed by atoms with Crippen LogP contribution in [0, 0.1) is 0 Å². The summed E-state index contributed by atoms with van der Waals surface area (Å²) in [5.41, 5.74) is -2.78. The van der Waals surface area contributed by atoms with Crippen LogP contribution in [0.1, 0.15) is 26.2 Å². The van der Waals surface area contributed by atoms with Crippen molar-refractivity contribution in [3.8, 4) is 0 Å². The molecule has 0 aliphatic carbocycles. The van der Waals surface area contributed by atoms with Crippen molar-refractivity contribution in [1.29, 1.82) is 0 Å². The molecule has 2 unspecified atom stereocenters. The topological polar surface area (TPSA) is 29.5 Å². The molecule has 0 saturated heterocycles. The monoisotopic (exact) mass is 278 g/mol. The first-order valence-electron chi connectivity index (χ1n) is 3.33. The molecular formula is C5H12BrO2PS2. The Morgan fingerprint density at radius 3 is 2.73 bits per heavy atom. The van der Waals surface area contributed by atoms with Gasteiger partial charge in [0.1, 0.15) is 5.01 Å². The Kier molecular flexibility index (Phi) is 6.70. The highest BCUT2D eigenvalue weighted by Gasteiger charge is 2.12. The van der Waals surface area contributed by atoms with Gasteiger partial charge in [0.25, 0.3) is 0 Å². The van der Waals surface area contributed by atoms with Crippen LogP contribution in [-0.4, -0.2) is 9.91 Å². The molecule has 1 N–H and O–H groups in total. The van der Waals surface area contributed by atoms with Crippen LogP contribution < -0.4 is 0 Å². The van der Waals surface area contributed by atoms with Crippen LogP contribution in [0.4, 0.5) is 0 Å². The fourth-order valence-electron chi connectivity index (χ4n) is 0.566. The van der Waals surface area contributed by atoms with E-state index in [9.17, 15) is 0 Å². The van der Waals surface area contributed by atoms with E-state index in [1.54, 1.807) is 0 Å². The van der Waals surface area contributed by atoms with Gasteiger partial charge in [0.2, 0.25) is 5.69 Å². The third kappa shape index (κ3) is 9.31. The fraction of sp³-hybridized carbons (Fsp3) is 1.00. The van der Waals surface area contributed by atoms with Gasteiger partial charge >= 0.3 is 0 Å². The summed E-state index contributed by atoms with van der Waals surface area (Å²) in [5.74, 6) is 0. The Morgan fingerprint density at radius 2 is 2.36 bits per heavy atom. The molecule has 0 aromatic carbocycles. The Labute approximate surface area is 86.2 Å². The van der Waals surface area contributed by atoms with Crippen molar-refractivity contribution in [2.75, 3.05) is 0 Å². The fourth-order valence-corrected chi connectivity index (χ4v) is 3.39. The van der Waals surface area contributed by atoms with Gasteiger partial charge in [0, 0.05) is 0 Å². The van der Waals surface area contributed by atoms with Crippen molar-refractivity contribution in [3.05, 3.63) is 0 Å². The number of thiol groups is 1. The minimum absolute atomic E-state index is 0.157.